The van der Waals surface area contributed by atoms with E-state index < -0.39 is 0 Å². The minimum absolute atomic E-state index is 0.728. The molecule has 1 aliphatic rings. The second-order valence-corrected chi connectivity index (χ2v) is 6.08. The number of H-pyrrole nitrogens is 1. The van der Waals surface area contributed by atoms with Crippen LogP contribution in [0.4, 0.5) is 0 Å². The number of hydrogen-bond acceptors (Lipinski definition) is 3. The number of nitrogens with one attached hydrogen (secondary N) is 1. The van der Waals surface area contributed by atoms with Gasteiger partial charge in [-0.2, -0.15) is 5.10 Å². The molecular formula is C18H25N3O. The van der Waals surface area contributed by atoms with Gasteiger partial charge in [0.05, 0.1) is 24.4 Å². The van der Waals surface area contributed by atoms with Gasteiger partial charge in [-0.15, -0.1) is 0 Å². The summed E-state index contributed by atoms with van der Waals surface area (Å²) in [7, 11) is 2.17. The Morgan fingerprint density at radius 2 is 2.27 bits per heavy atom. The molecule has 0 unspecified atom stereocenters. The van der Waals surface area contributed by atoms with Crippen molar-refractivity contribution in [3.63, 3.8) is 0 Å². The molecule has 118 valence electrons. The van der Waals surface area contributed by atoms with E-state index in [1.165, 1.54) is 35.1 Å². The minimum atomic E-state index is 0.728. The molecule has 0 saturated heterocycles. The first-order valence-electron chi connectivity index (χ1n) is 8.20. The summed E-state index contributed by atoms with van der Waals surface area (Å²) < 4.78 is 5.41. The molecule has 1 aliphatic heterocycles. The molecule has 0 saturated carbocycles. The van der Waals surface area contributed by atoms with Crippen LogP contribution in [-0.4, -0.2) is 41.9 Å². The van der Waals surface area contributed by atoms with Crippen molar-refractivity contribution < 1.29 is 4.74 Å². The zero-order valence-electron chi connectivity index (χ0n) is 13.6. The second kappa shape index (κ2) is 7.07. The van der Waals surface area contributed by atoms with E-state index in [0.717, 1.165) is 38.2 Å². The molecule has 0 bridgehead atoms. The predicted octanol–water partition coefficient (Wildman–Crippen LogP) is 3.60. The molecule has 0 spiro atoms. The van der Waals surface area contributed by atoms with E-state index in [-0.39, 0.29) is 0 Å². The largest absolute Gasteiger partial charge is 0.377 e. The van der Waals surface area contributed by atoms with Crippen LogP contribution in [0.5, 0.6) is 0 Å². The number of aromatic nitrogens is 2. The van der Waals surface area contributed by atoms with Gasteiger partial charge in [-0.05, 0) is 49.7 Å². The smallest absolute Gasteiger partial charge is 0.0924 e. The Morgan fingerprint density at radius 3 is 3.05 bits per heavy atom. The maximum absolute atomic E-state index is 5.41. The summed E-state index contributed by atoms with van der Waals surface area (Å²) in [5, 5.41) is 8.90. The zero-order chi connectivity index (χ0) is 15.4. The lowest BCUT2D eigenvalue weighted by Crippen LogP contribution is -2.19. The van der Waals surface area contributed by atoms with Gasteiger partial charge >= 0.3 is 0 Å². The van der Waals surface area contributed by atoms with Crippen LogP contribution in [0.2, 0.25) is 0 Å². The van der Waals surface area contributed by atoms with E-state index in [1.54, 1.807) is 0 Å². The third-order valence-electron chi connectivity index (χ3n) is 4.29. The Bertz CT molecular complexity index is 659. The van der Waals surface area contributed by atoms with Gasteiger partial charge in [0.1, 0.15) is 0 Å². The second-order valence-electron chi connectivity index (χ2n) is 6.08. The third kappa shape index (κ3) is 3.39. The number of benzene rings is 1. The first-order valence-corrected chi connectivity index (χ1v) is 8.20. The van der Waals surface area contributed by atoms with Crippen LogP contribution >= 0.6 is 0 Å². The van der Waals surface area contributed by atoms with Crippen LogP contribution in [0.3, 0.4) is 0 Å². The SMILES string of the molecule is CCCCN(C)Cc1[nH]nc2ccc(C3=CCOCC3)cc12. The standard InChI is InChI=1S/C18H25N3O/c1-3-4-9-21(2)13-18-16-12-15(5-6-17(16)19-20-18)14-7-10-22-11-8-14/h5-7,12H,3-4,8-11,13H2,1-2H3,(H,19,20). The molecule has 0 fully saturated rings. The normalized spacial score (nSPS) is 15.5. The Kier molecular flexibility index (Phi) is 4.90. The van der Waals surface area contributed by atoms with Gasteiger partial charge in [0.25, 0.3) is 0 Å². The fourth-order valence-electron chi connectivity index (χ4n) is 2.95. The van der Waals surface area contributed by atoms with Gasteiger partial charge in [-0.1, -0.05) is 25.5 Å². The summed E-state index contributed by atoms with van der Waals surface area (Å²) in [5.41, 5.74) is 4.95. The maximum atomic E-state index is 5.41. The summed E-state index contributed by atoms with van der Waals surface area (Å²) in [5.74, 6) is 0. The van der Waals surface area contributed by atoms with Crippen molar-refractivity contribution in [3.8, 4) is 0 Å². The van der Waals surface area contributed by atoms with Crippen LogP contribution in [-0.2, 0) is 11.3 Å². The first-order chi connectivity index (χ1) is 10.8. The Balaban J connectivity index is 1.83. The summed E-state index contributed by atoms with van der Waals surface area (Å²) in [4.78, 5) is 2.36. The van der Waals surface area contributed by atoms with E-state index in [2.05, 4.69) is 53.3 Å². The van der Waals surface area contributed by atoms with E-state index in [1.807, 2.05) is 0 Å². The van der Waals surface area contributed by atoms with Gasteiger partial charge < -0.3 is 9.64 Å². The number of ether oxygens (including phenoxy) is 1. The summed E-state index contributed by atoms with van der Waals surface area (Å²) in [6, 6.07) is 6.57. The molecule has 22 heavy (non-hydrogen) atoms. The number of nitrogens with zero attached hydrogens (tertiary/aromatic N) is 2. The van der Waals surface area contributed by atoms with Crippen molar-refractivity contribution in [3.05, 3.63) is 35.5 Å². The number of rotatable bonds is 6. The minimum Gasteiger partial charge on any atom is -0.377 e. The molecule has 2 heterocycles. The highest BCUT2D eigenvalue weighted by molar-refractivity contribution is 5.85. The topological polar surface area (TPSA) is 41.2 Å². The van der Waals surface area contributed by atoms with Crippen LogP contribution in [0.15, 0.2) is 24.3 Å². The lowest BCUT2D eigenvalue weighted by molar-refractivity contribution is 0.161. The zero-order valence-corrected chi connectivity index (χ0v) is 13.6. The van der Waals surface area contributed by atoms with Crippen molar-refractivity contribution in [1.82, 2.24) is 15.1 Å². The number of aromatic amines is 1. The number of hydrogen-bond donors (Lipinski definition) is 1. The summed E-state index contributed by atoms with van der Waals surface area (Å²) >= 11 is 0. The Hall–Kier alpha value is -1.65. The number of fused-ring (bicyclic) bond motifs is 1. The summed E-state index contributed by atoms with van der Waals surface area (Å²) in [6.45, 7) is 5.82. The molecule has 0 amide bonds. The summed E-state index contributed by atoms with van der Waals surface area (Å²) in [6.07, 6.45) is 5.65. The molecule has 0 aliphatic carbocycles. The fourth-order valence-corrected chi connectivity index (χ4v) is 2.95. The molecule has 2 aromatic rings. The molecule has 4 nitrogen and oxygen atoms in total. The third-order valence-corrected chi connectivity index (χ3v) is 4.29. The highest BCUT2D eigenvalue weighted by Gasteiger charge is 2.11. The van der Waals surface area contributed by atoms with Crippen molar-refractivity contribution in [2.75, 3.05) is 26.8 Å². The van der Waals surface area contributed by atoms with Crippen LogP contribution < -0.4 is 0 Å². The molecular weight excluding hydrogens is 274 g/mol. The van der Waals surface area contributed by atoms with Gasteiger partial charge in [-0.25, -0.2) is 0 Å². The molecule has 3 rings (SSSR count). The molecule has 1 aromatic heterocycles. The molecule has 4 heteroatoms. The molecule has 0 atom stereocenters. The van der Waals surface area contributed by atoms with Crippen molar-refractivity contribution in [2.45, 2.75) is 32.7 Å². The highest BCUT2D eigenvalue weighted by Crippen LogP contribution is 2.26. The first kappa shape index (κ1) is 15.3. The van der Waals surface area contributed by atoms with E-state index in [0.29, 0.717) is 0 Å². The van der Waals surface area contributed by atoms with E-state index in [9.17, 15) is 0 Å². The van der Waals surface area contributed by atoms with Gasteiger partial charge in [-0.3, -0.25) is 5.10 Å². The monoisotopic (exact) mass is 299 g/mol. The average molecular weight is 299 g/mol. The van der Waals surface area contributed by atoms with Crippen molar-refractivity contribution in [2.24, 2.45) is 0 Å². The van der Waals surface area contributed by atoms with Gasteiger partial charge in [0.15, 0.2) is 0 Å². The fraction of sp³-hybridized carbons (Fsp3) is 0.500. The quantitative estimate of drug-likeness (QED) is 0.886. The molecule has 0 radical (unpaired) electrons. The van der Waals surface area contributed by atoms with Gasteiger partial charge in [0, 0.05) is 11.9 Å². The van der Waals surface area contributed by atoms with Crippen LogP contribution in [0, 0.1) is 0 Å². The number of unbranched alkanes of at least 4 members (excludes halogenated alkanes) is 1. The van der Waals surface area contributed by atoms with Crippen LogP contribution in [0.25, 0.3) is 16.5 Å². The van der Waals surface area contributed by atoms with Crippen LogP contribution in [0.1, 0.15) is 37.4 Å². The average Bonchev–Trinajstić information content (AvgIpc) is 2.96. The highest BCUT2D eigenvalue weighted by atomic mass is 16.5. The predicted molar refractivity (Wildman–Crippen MR) is 90.7 cm³/mol. The lowest BCUT2D eigenvalue weighted by atomic mass is 9.99. The Labute approximate surface area is 132 Å². The van der Waals surface area contributed by atoms with E-state index in [4.69, 9.17) is 4.74 Å². The Morgan fingerprint density at radius 1 is 1.36 bits per heavy atom. The van der Waals surface area contributed by atoms with Crippen molar-refractivity contribution in [1.29, 1.82) is 0 Å². The lowest BCUT2D eigenvalue weighted by Gasteiger charge is -2.16. The van der Waals surface area contributed by atoms with E-state index >= 15 is 0 Å². The molecule has 1 aromatic carbocycles. The van der Waals surface area contributed by atoms with Gasteiger partial charge in [0.2, 0.25) is 0 Å². The molecule has 1 N–H and O–H groups in total. The van der Waals surface area contributed by atoms with Crippen molar-refractivity contribution >= 4 is 16.5 Å². The maximum Gasteiger partial charge on any atom is 0.0924 e.